The zero-order chi connectivity index (χ0) is 29.3. The van der Waals surface area contributed by atoms with Crippen molar-refractivity contribution in [3.63, 3.8) is 0 Å². The fraction of sp³-hybridized carbons (Fsp3) is 0.185. The Morgan fingerprint density at radius 1 is 0.854 bits per heavy atom. The van der Waals surface area contributed by atoms with E-state index in [4.69, 9.17) is 4.99 Å². The van der Waals surface area contributed by atoms with E-state index in [1.54, 1.807) is 0 Å². The molecule has 0 aromatic heterocycles. The quantitative estimate of drug-likeness (QED) is 0.223. The molecule has 41 heavy (non-hydrogen) atoms. The predicted octanol–water partition coefficient (Wildman–Crippen LogP) is 3.84. The Bertz CT molecular complexity index is 1620. The molecule has 0 bridgehead atoms. The van der Waals surface area contributed by atoms with Crippen molar-refractivity contribution in [3.05, 3.63) is 115 Å². The largest absolute Gasteiger partial charge is 0.356 e. The second-order valence-electron chi connectivity index (χ2n) is 9.44. The van der Waals surface area contributed by atoms with Gasteiger partial charge in [0.2, 0.25) is 11.8 Å². The van der Waals surface area contributed by atoms with Gasteiger partial charge in [-0.05, 0) is 29.2 Å². The van der Waals surface area contributed by atoms with Crippen LogP contribution in [-0.4, -0.2) is 32.9 Å². The zero-order valence-electron chi connectivity index (χ0n) is 21.4. The number of thioether (sulfide) groups is 1. The second kappa shape index (κ2) is 10.8. The lowest BCUT2D eigenvalue weighted by Crippen LogP contribution is -2.69. The number of hydrogen-bond donors (Lipinski definition) is 3. The summed E-state index contributed by atoms with van der Waals surface area (Å²) in [5, 5.41) is 30.9. The molecule has 1 spiro atoms. The van der Waals surface area contributed by atoms with E-state index in [0.717, 1.165) is 11.1 Å². The Kier molecular flexibility index (Phi) is 7.24. The van der Waals surface area contributed by atoms with E-state index in [1.807, 2.05) is 31.2 Å². The van der Waals surface area contributed by atoms with Gasteiger partial charge in [-0.2, -0.15) is 0 Å². The first-order chi connectivity index (χ1) is 19.6. The van der Waals surface area contributed by atoms with Crippen molar-refractivity contribution in [2.24, 2.45) is 10.4 Å². The van der Waals surface area contributed by atoms with Gasteiger partial charge >= 0.3 is 6.03 Å². The molecule has 0 saturated carbocycles. The van der Waals surface area contributed by atoms with E-state index in [-0.39, 0.29) is 22.5 Å². The molecular formula is C27H22N6O7S. The fourth-order valence-electron chi connectivity index (χ4n) is 5.02. The standard InChI is InChI=1S/C27H22N6O7S/c1-15-6-2-3-7-18(15)14-41-26-28-21(16-8-4-10-19(12-16)32(37)38)27(23(34)30-25(36)31-24(27)35)22(29-26)17-9-5-11-20(13-17)33(39)40/h2-13,21-22H,14H2,1H3,(H,28,29)(H2,30,31,34,35,36)/t21-,22-/m0/s1. The van der Waals surface area contributed by atoms with Gasteiger partial charge in [0.15, 0.2) is 10.6 Å². The van der Waals surface area contributed by atoms with E-state index >= 15 is 0 Å². The van der Waals surface area contributed by atoms with Gasteiger partial charge in [0.25, 0.3) is 11.4 Å². The van der Waals surface area contributed by atoms with E-state index in [0.29, 0.717) is 10.9 Å². The smallest absolute Gasteiger partial charge is 0.328 e. The molecule has 0 aliphatic carbocycles. The van der Waals surface area contributed by atoms with Crippen LogP contribution in [0.4, 0.5) is 16.2 Å². The molecule has 0 unspecified atom stereocenters. The van der Waals surface area contributed by atoms with Crippen LogP contribution in [0.2, 0.25) is 0 Å². The summed E-state index contributed by atoms with van der Waals surface area (Å²) in [6.45, 7) is 1.95. The van der Waals surface area contributed by atoms with Crippen molar-refractivity contribution >= 4 is 46.1 Å². The topological polar surface area (TPSA) is 186 Å². The molecule has 3 aromatic carbocycles. The summed E-state index contributed by atoms with van der Waals surface area (Å²) in [4.78, 5) is 66.3. The molecule has 3 N–H and O–H groups in total. The Labute approximate surface area is 236 Å². The number of aryl methyl sites for hydroxylation is 1. The van der Waals surface area contributed by atoms with E-state index in [1.165, 1.54) is 60.3 Å². The summed E-state index contributed by atoms with van der Waals surface area (Å²) in [5.74, 6) is -1.55. The molecule has 208 valence electrons. The Hall–Kier alpha value is -5.11. The molecule has 14 heteroatoms. The number of imide groups is 2. The first kappa shape index (κ1) is 27.5. The van der Waals surface area contributed by atoms with Crippen molar-refractivity contribution in [1.29, 1.82) is 0 Å². The molecule has 1 saturated heterocycles. The highest BCUT2D eigenvalue weighted by Crippen LogP contribution is 2.52. The van der Waals surface area contributed by atoms with Gasteiger partial charge in [-0.3, -0.25) is 45.4 Å². The van der Waals surface area contributed by atoms with Crippen LogP contribution in [0.15, 0.2) is 77.8 Å². The van der Waals surface area contributed by atoms with Crippen molar-refractivity contribution in [1.82, 2.24) is 16.0 Å². The van der Waals surface area contributed by atoms with E-state index in [9.17, 15) is 34.6 Å². The average molecular weight is 575 g/mol. The minimum Gasteiger partial charge on any atom is -0.356 e. The third-order valence-corrected chi connectivity index (χ3v) is 8.00. The highest BCUT2D eigenvalue weighted by atomic mass is 32.2. The van der Waals surface area contributed by atoms with Gasteiger partial charge in [0.1, 0.15) is 6.04 Å². The summed E-state index contributed by atoms with van der Waals surface area (Å²) in [5.41, 5.74) is -0.355. The summed E-state index contributed by atoms with van der Waals surface area (Å²) in [6, 6.07) is 14.9. The number of rotatable bonds is 6. The number of carbonyl (C=O) groups is 3. The average Bonchev–Trinajstić information content (AvgIpc) is 2.95. The number of nitro groups is 2. The molecule has 3 aromatic rings. The number of non-ortho nitro benzene ring substituents is 2. The molecule has 5 rings (SSSR count). The highest BCUT2D eigenvalue weighted by Gasteiger charge is 2.63. The first-order valence-corrected chi connectivity index (χ1v) is 13.3. The number of hydrogen-bond acceptors (Lipinski definition) is 10. The summed E-state index contributed by atoms with van der Waals surface area (Å²) in [7, 11) is 0. The van der Waals surface area contributed by atoms with Crippen LogP contribution in [0, 0.1) is 32.6 Å². The predicted molar refractivity (Wildman–Crippen MR) is 149 cm³/mol. The Balaban J connectivity index is 1.72. The molecule has 13 nitrogen and oxygen atoms in total. The summed E-state index contributed by atoms with van der Waals surface area (Å²) in [6.07, 6.45) is 0. The Morgan fingerprint density at radius 3 is 2.05 bits per heavy atom. The van der Waals surface area contributed by atoms with E-state index in [2.05, 4.69) is 16.0 Å². The van der Waals surface area contributed by atoms with Gasteiger partial charge in [0, 0.05) is 30.0 Å². The van der Waals surface area contributed by atoms with Crippen LogP contribution in [0.25, 0.3) is 0 Å². The lowest BCUT2D eigenvalue weighted by atomic mass is 9.66. The Morgan fingerprint density at radius 2 is 1.44 bits per heavy atom. The molecule has 2 atom stereocenters. The normalized spacial score (nSPS) is 19.5. The van der Waals surface area contributed by atoms with Crippen LogP contribution in [0.3, 0.4) is 0 Å². The summed E-state index contributed by atoms with van der Waals surface area (Å²) < 4.78 is 0. The number of urea groups is 1. The van der Waals surface area contributed by atoms with Gasteiger partial charge in [-0.25, -0.2) is 4.79 Å². The highest BCUT2D eigenvalue weighted by molar-refractivity contribution is 8.13. The third kappa shape index (κ3) is 5.00. The number of amides is 4. The van der Waals surface area contributed by atoms with Crippen LogP contribution in [-0.2, 0) is 15.3 Å². The number of nitrogens with one attached hydrogen (secondary N) is 3. The van der Waals surface area contributed by atoms with Crippen molar-refractivity contribution in [2.75, 3.05) is 0 Å². The number of benzene rings is 3. The first-order valence-electron chi connectivity index (χ1n) is 12.3. The SMILES string of the molecule is Cc1ccccc1CSC1=N[C@@H](c2cccc([N+](=O)[O-])c2)C2(C(=O)NC(=O)NC2=O)[C@H](c2cccc([N+](=O)[O-])c2)N1. The van der Waals surface area contributed by atoms with Gasteiger partial charge in [-0.1, -0.05) is 60.3 Å². The molecule has 1 fully saturated rings. The molecule has 2 heterocycles. The van der Waals surface area contributed by atoms with Crippen LogP contribution in [0.5, 0.6) is 0 Å². The number of carbonyl (C=O) groups excluding carboxylic acids is 3. The van der Waals surface area contributed by atoms with Crippen LogP contribution < -0.4 is 16.0 Å². The van der Waals surface area contributed by atoms with Gasteiger partial charge in [0.05, 0.1) is 15.9 Å². The van der Waals surface area contributed by atoms with Gasteiger partial charge < -0.3 is 5.32 Å². The molecular weight excluding hydrogens is 552 g/mol. The monoisotopic (exact) mass is 574 g/mol. The van der Waals surface area contributed by atoms with Crippen LogP contribution in [0.1, 0.15) is 34.3 Å². The maximum atomic E-state index is 13.8. The van der Waals surface area contributed by atoms with Crippen molar-refractivity contribution in [3.8, 4) is 0 Å². The number of nitrogens with zero attached hydrogens (tertiary/aromatic N) is 3. The second-order valence-corrected chi connectivity index (χ2v) is 10.4. The maximum Gasteiger partial charge on any atom is 0.328 e. The minimum atomic E-state index is -2.19. The van der Waals surface area contributed by atoms with E-state index < -0.39 is 45.2 Å². The van der Waals surface area contributed by atoms with Gasteiger partial charge in [-0.15, -0.1) is 0 Å². The summed E-state index contributed by atoms with van der Waals surface area (Å²) >= 11 is 1.27. The third-order valence-electron chi connectivity index (χ3n) is 7.04. The number of nitro benzene ring substituents is 2. The fourth-order valence-corrected chi connectivity index (χ4v) is 6.01. The minimum absolute atomic E-state index is 0.171. The maximum absolute atomic E-state index is 13.8. The lowest BCUT2D eigenvalue weighted by molar-refractivity contribution is -0.385. The van der Waals surface area contributed by atoms with Crippen molar-refractivity contribution < 1.29 is 24.2 Å². The molecule has 2 aliphatic heterocycles. The number of barbiturate groups is 1. The lowest BCUT2D eigenvalue weighted by Gasteiger charge is -2.47. The molecule has 2 aliphatic rings. The van der Waals surface area contributed by atoms with Crippen molar-refractivity contribution in [2.45, 2.75) is 24.8 Å². The number of aliphatic imine (C=N–C) groups is 1. The number of amidine groups is 1. The molecule has 0 radical (unpaired) electrons. The van der Waals surface area contributed by atoms with Crippen LogP contribution >= 0.6 is 11.8 Å². The zero-order valence-corrected chi connectivity index (χ0v) is 22.2. The molecule has 4 amide bonds.